The van der Waals surface area contributed by atoms with Gasteiger partial charge in [-0.05, 0) is 38.0 Å². The minimum Gasteiger partial charge on any atom is -0.329 e. The molecule has 0 fully saturated rings. The maximum atomic E-state index is 4.50. The Bertz CT molecular complexity index is 804. The van der Waals surface area contributed by atoms with Crippen molar-refractivity contribution in [3.8, 4) is 0 Å². The molecule has 114 valence electrons. The Morgan fingerprint density at radius 1 is 1.09 bits per heavy atom. The van der Waals surface area contributed by atoms with E-state index in [-0.39, 0.29) is 0 Å². The first kappa shape index (κ1) is 14.8. The smallest absolute Gasteiger partial charge is 0.210 e. The molecule has 0 unspecified atom stereocenters. The quantitative estimate of drug-likeness (QED) is 0.787. The molecule has 22 heavy (non-hydrogen) atoms. The summed E-state index contributed by atoms with van der Waals surface area (Å²) in [5.41, 5.74) is 3.63. The van der Waals surface area contributed by atoms with Crippen LogP contribution in [0.1, 0.15) is 30.2 Å². The maximum Gasteiger partial charge on any atom is 0.210 e. The van der Waals surface area contributed by atoms with E-state index in [0.29, 0.717) is 5.92 Å². The van der Waals surface area contributed by atoms with Crippen LogP contribution in [0.25, 0.3) is 11.0 Å². The first-order chi connectivity index (χ1) is 10.5. The molecule has 0 amide bonds. The molecule has 0 saturated heterocycles. The molecule has 1 N–H and O–H groups in total. The van der Waals surface area contributed by atoms with Crippen LogP contribution in [-0.2, 0) is 6.42 Å². The van der Waals surface area contributed by atoms with Gasteiger partial charge in [-0.25, -0.2) is 9.97 Å². The van der Waals surface area contributed by atoms with Gasteiger partial charge in [0, 0.05) is 23.2 Å². The summed E-state index contributed by atoms with van der Waals surface area (Å²) in [6.45, 7) is 8.31. The van der Waals surface area contributed by atoms with E-state index in [1.807, 2.05) is 32.0 Å². The number of hydrogen-bond donors (Lipinski definition) is 1. The van der Waals surface area contributed by atoms with Gasteiger partial charge in [0.25, 0.3) is 0 Å². The highest BCUT2D eigenvalue weighted by Gasteiger charge is 2.10. The Kier molecular flexibility index (Phi) is 4.02. The van der Waals surface area contributed by atoms with Gasteiger partial charge in [-0.15, -0.1) is 10.2 Å². The average molecular weight is 313 g/mol. The molecule has 0 aliphatic carbocycles. The van der Waals surface area contributed by atoms with Crippen LogP contribution >= 0.6 is 11.3 Å². The number of nitrogens with zero attached hydrogens (tertiary/aromatic N) is 4. The summed E-state index contributed by atoms with van der Waals surface area (Å²) < 4.78 is 0. The van der Waals surface area contributed by atoms with Crippen LogP contribution in [0.4, 0.5) is 10.8 Å². The zero-order valence-corrected chi connectivity index (χ0v) is 14.0. The molecule has 0 saturated carbocycles. The van der Waals surface area contributed by atoms with Crippen LogP contribution in [0.5, 0.6) is 0 Å². The van der Waals surface area contributed by atoms with Crippen molar-refractivity contribution in [2.75, 3.05) is 5.32 Å². The van der Waals surface area contributed by atoms with Crippen LogP contribution in [0.15, 0.2) is 18.2 Å². The molecule has 6 heteroatoms. The summed E-state index contributed by atoms with van der Waals surface area (Å²) in [7, 11) is 0. The van der Waals surface area contributed by atoms with Crippen LogP contribution in [0, 0.1) is 19.8 Å². The van der Waals surface area contributed by atoms with E-state index in [1.165, 1.54) is 0 Å². The van der Waals surface area contributed by atoms with Crippen LogP contribution in [-0.4, -0.2) is 20.2 Å². The molecule has 0 radical (unpaired) electrons. The Morgan fingerprint density at radius 3 is 2.64 bits per heavy atom. The van der Waals surface area contributed by atoms with E-state index >= 15 is 0 Å². The third kappa shape index (κ3) is 3.22. The number of fused-ring (bicyclic) bond motifs is 1. The van der Waals surface area contributed by atoms with E-state index in [1.54, 1.807) is 11.3 Å². The summed E-state index contributed by atoms with van der Waals surface area (Å²) in [4.78, 5) is 9.00. The van der Waals surface area contributed by atoms with Crippen LogP contribution in [0.2, 0.25) is 0 Å². The number of aromatic nitrogens is 4. The van der Waals surface area contributed by atoms with Gasteiger partial charge in [0.15, 0.2) is 5.65 Å². The van der Waals surface area contributed by atoms with Gasteiger partial charge in [0.2, 0.25) is 5.13 Å². The van der Waals surface area contributed by atoms with Gasteiger partial charge in [0.05, 0.1) is 5.69 Å². The predicted octanol–water partition coefficient (Wildman–Crippen LogP) is 4.04. The molecule has 0 bridgehead atoms. The average Bonchev–Trinajstić information content (AvgIpc) is 2.84. The fraction of sp³-hybridized carbons (Fsp3) is 0.375. The van der Waals surface area contributed by atoms with Crippen molar-refractivity contribution in [1.82, 2.24) is 20.2 Å². The lowest BCUT2D eigenvalue weighted by atomic mass is 10.1. The number of pyridine rings is 2. The van der Waals surface area contributed by atoms with Crippen LogP contribution < -0.4 is 5.32 Å². The summed E-state index contributed by atoms with van der Waals surface area (Å²) in [5, 5.41) is 14.7. The SMILES string of the molecule is Cc1ccc2c(Nc3nnc(CC(C)C)s3)cc(C)nc2n1. The highest BCUT2D eigenvalue weighted by atomic mass is 32.1. The van der Waals surface area contributed by atoms with Crippen molar-refractivity contribution < 1.29 is 0 Å². The zero-order valence-electron chi connectivity index (χ0n) is 13.2. The highest BCUT2D eigenvalue weighted by molar-refractivity contribution is 7.15. The van der Waals surface area contributed by atoms with Gasteiger partial charge in [-0.2, -0.15) is 0 Å². The molecule has 3 aromatic heterocycles. The lowest BCUT2D eigenvalue weighted by Gasteiger charge is -2.08. The minimum absolute atomic E-state index is 0.581. The van der Waals surface area contributed by atoms with Gasteiger partial charge in [-0.1, -0.05) is 25.2 Å². The predicted molar refractivity (Wildman–Crippen MR) is 90.7 cm³/mol. The molecule has 0 aliphatic rings. The molecular formula is C16H19N5S. The summed E-state index contributed by atoms with van der Waals surface area (Å²) in [5.74, 6) is 0.581. The number of rotatable bonds is 4. The minimum atomic E-state index is 0.581. The summed E-state index contributed by atoms with van der Waals surface area (Å²) in [6.07, 6.45) is 0.955. The molecule has 0 atom stereocenters. The lowest BCUT2D eigenvalue weighted by molar-refractivity contribution is 0.640. The molecule has 3 heterocycles. The van der Waals surface area contributed by atoms with E-state index in [0.717, 1.165) is 44.7 Å². The fourth-order valence-electron chi connectivity index (χ4n) is 2.28. The summed E-state index contributed by atoms with van der Waals surface area (Å²) >= 11 is 1.60. The normalized spacial score (nSPS) is 11.3. The lowest BCUT2D eigenvalue weighted by Crippen LogP contribution is -1.96. The van der Waals surface area contributed by atoms with Crippen molar-refractivity contribution in [3.63, 3.8) is 0 Å². The number of hydrogen-bond acceptors (Lipinski definition) is 6. The third-order valence-electron chi connectivity index (χ3n) is 3.23. The van der Waals surface area contributed by atoms with Gasteiger partial charge in [-0.3, -0.25) is 0 Å². The van der Waals surface area contributed by atoms with E-state index in [9.17, 15) is 0 Å². The second-order valence-electron chi connectivity index (χ2n) is 5.86. The Labute approximate surface area is 133 Å². The topological polar surface area (TPSA) is 63.6 Å². The molecule has 0 spiro atoms. The van der Waals surface area contributed by atoms with Crippen molar-refractivity contribution in [3.05, 3.63) is 34.6 Å². The van der Waals surface area contributed by atoms with Gasteiger partial charge < -0.3 is 5.32 Å². The van der Waals surface area contributed by atoms with E-state index in [4.69, 9.17) is 0 Å². The standard InChI is InChI=1S/C16H19N5S/c1-9(2)7-14-20-21-16(22-14)19-13-8-11(4)18-15-12(13)6-5-10(3)17-15/h5-6,8-9H,7H2,1-4H3,(H,17,18,19,21). The van der Waals surface area contributed by atoms with Crippen molar-refractivity contribution in [2.45, 2.75) is 34.1 Å². The van der Waals surface area contributed by atoms with Crippen molar-refractivity contribution in [1.29, 1.82) is 0 Å². The summed E-state index contributed by atoms with van der Waals surface area (Å²) in [6, 6.07) is 6.06. The second kappa shape index (κ2) is 5.96. The second-order valence-corrected chi connectivity index (χ2v) is 6.92. The van der Waals surface area contributed by atoms with Gasteiger partial charge in [0.1, 0.15) is 5.01 Å². The van der Waals surface area contributed by atoms with E-state index in [2.05, 4.69) is 39.3 Å². The third-order valence-corrected chi connectivity index (χ3v) is 4.09. The molecule has 0 aliphatic heterocycles. The Balaban J connectivity index is 1.94. The number of anilines is 2. The van der Waals surface area contributed by atoms with Crippen molar-refractivity contribution >= 4 is 33.2 Å². The van der Waals surface area contributed by atoms with E-state index < -0.39 is 0 Å². The molecule has 5 nitrogen and oxygen atoms in total. The van der Waals surface area contributed by atoms with Crippen molar-refractivity contribution in [2.24, 2.45) is 5.92 Å². The van der Waals surface area contributed by atoms with Crippen LogP contribution in [0.3, 0.4) is 0 Å². The molecule has 3 rings (SSSR count). The molecule has 3 aromatic rings. The maximum absolute atomic E-state index is 4.50. The highest BCUT2D eigenvalue weighted by Crippen LogP contribution is 2.28. The number of aryl methyl sites for hydroxylation is 2. The Hall–Kier alpha value is -2.08. The zero-order chi connectivity index (χ0) is 15.7. The molecular weight excluding hydrogens is 294 g/mol. The monoisotopic (exact) mass is 313 g/mol. The first-order valence-corrected chi connectivity index (χ1v) is 8.17. The number of nitrogens with one attached hydrogen (secondary N) is 1. The Morgan fingerprint density at radius 2 is 1.86 bits per heavy atom. The largest absolute Gasteiger partial charge is 0.329 e. The fourth-order valence-corrected chi connectivity index (χ4v) is 3.24. The van der Waals surface area contributed by atoms with Gasteiger partial charge >= 0.3 is 0 Å². The first-order valence-electron chi connectivity index (χ1n) is 7.35. The molecule has 0 aromatic carbocycles.